The van der Waals surface area contributed by atoms with Gasteiger partial charge < -0.3 is 11.1 Å². The van der Waals surface area contributed by atoms with Crippen LogP contribution in [0.1, 0.15) is 33.1 Å². The Bertz CT molecular complexity index is 327. The number of nitrogens with zero attached hydrogens (tertiary/aromatic N) is 2. The molecule has 1 fully saturated rings. The summed E-state index contributed by atoms with van der Waals surface area (Å²) in [6, 6.07) is 0. The fraction of sp³-hybridized carbons (Fsp3) is 0.929. The van der Waals surface area contributed by atoms with E-state index in [1.54, 1.807) is 0 Å². The van der Waals surface area contributed by atoms with E-state index in [1.165, 1.54) is 4.90 Å². The van der Waals surface area contributed by atoms with Crippen molar-refractivity contribution in [1.82, 2.24) is 10.2 Å². The zero-order valence-electron chi connectivity index (χ0n) is 13.3. The van der Waals surface area contributed by atoms with Crippen LogP contribution in [0.15, 0.2) is 4.99 Å². The third kappa shape index (κ3) is 10.5. The van der Waals surface area contributed by atoms with Crippen LogP contribution in [0.4, 0.5) is 13.2 Å². The first-order valence-corrected chi connectivity index (χ1v) is 7.59. The standard InChI is InChI=1S/C14H27F3N4.HI/c1-11(2)9-20-13(18)19-6-3-12-4-7-21(8-5-12)10-14(15,16)17;/h11-12H,3-10H2,1-2H3,(H3,18,19,20);1H. The van der Waals surface area contributed by atoms with E-state index < -0.39 is 12.7 Å². The lowest BCUT2D eigenvalue weighted by molar-refractivity contribution is -0.148. The summed E-state index contributed by atoms with van der Waals surface area (Å²) in [5.74, 6) is 1.40. The molecule has 0 aromatic carbocycles. The summed E-state index contributed by atoms with van der Waals surface area (Å²) >= 11 is 0. The van der Waals surface area contributed by atoms with Gasteiger partial charge in [0.15, 0.2) is 5.96 Å². The maximum atomic E-state index is 12.3. The molecule has 0 aliphatic carbocycles. The fourth-order valence-corrected chi connectivity index (χ4v) is 2.43. The van der Waals surface area contributed by atoms with Gasteiger partial charge in [-0.15, -0.1) is 24.0 Å². The highest BCUT2D eigenvalue weighted by molar-refractivity contribution is 14.0. The molecule has 3 N–H and O–H groups in total. The van der Waals surface area contributed by atoms with E-state index in [0.29, 0.717) is 37.4 Å². The molecule has 8 heteroatoms. The molecule has 1 heterocycles. The molecule has 1 rings (SSSR count). The van der Waals surface area contributed by atoms with Crippen molar-refractivity contribution in [2.24, 2.45) is 22.6 Å². The molecule has 0 spiro atoms. The van der Waals surface area contributed by atoms with Gasteiger partial charge in [-0.2, -0.15) is 13.2 Å². The van der Waals surface area contributed by atoms with Crippen LogP contribution in [0.3, 0.4) is 0 Å². The van der Waals surface area contributed by atoms with Gasteiger partial charge in [-0.05, 0) is 44.2 Å². The van der Waals surface area contributed by atoms with Crippen molar-refractivity contribution in [3.8, 4) is 0 Å². The first-order valence-electron chi connectivity index (χ1n) is 7.59. The van der Waals surface area contributed by atoms with Gasteiger partial charge in [0.1, 0.15) is 0 Å². The zero-order chi connectivity index (χ0) is 15.9. The van der Waals surface area contributed by atoms with Gasteiger partial charge in [0.05, 0.1) is 6.54 Å². The summed E-state index contributed by atoms with van der Waals surface area (Å²) in [6.07, 6.45) is -1.52. The highest BCUT2D eigenvalue weighted by Gasteiger charge is 2.32. The molecule has 1 aliphatic rings. The summed E-state index contributed by atoms with van der Waals surface area (Å²) < 4.78 is 36.8. The smallest absolute Gasteiger partial charge is 0.370 e. The SMILES string of the molecule is CC(C)CN=C(N)NCCC1CCN(CC(F)(F)F)CC1.I. The van der Waals surface area contributed by atoms with E-state index in [0.717, 1.165) is 25.8 Å². The van der Waals surface area contributed by atoms with E-state index in [9.17, 15) is 13.2 Å². The Kier molecular flexibility index (Phi) is 10.4. The maximum Gasteiger partial charge on any atom is 0.401 e. The van der Waals surface area contributed by atoms with Gasteiger partial charge in [-0.1, -0.05) is 13.8 Å². The highest BCUT2D eigenvalue weighted by Crippen LogP contribution is 2.23. The summed E-state index contributed by atoms with van der Waals surface area (Å²) in [7, 11) is 0. The van der Waals surface area contributed by atoms with Crippen molar-refractivity contribution < 1.29 is 13.2 Å². The van der Waals surface area contributed by atoms with Crippen LogP contribution in [0, 0.1) is 11.8 Å². The number of aliphatic imine (C=N–C) groups is 1. The summed E-state index contributed by atoms with van der Waals surface area (Å²) in [5.41, 5.74) is 5.73. The molecule has 0 amide bonds. The summed E-state index contributed by atoms with van der Waals surface area (Å²) in [4.78, 5) is 5.70. The van der Waals surface area contributed by atoms with Crippen LogP contribution in [0.2, 0.25) is 0 Å². The van der Waals surface area contributed by atoms with Crippen molar-refractivity contribution in [2.45, 2.75) is 39.3 Å². The number of nitrogens with two attached hydrogens (primary N) is 1. The quantitative estimate of drug-likeness (QED) is 0.383. The van der Waals surface area contributed by atoms with E-state index in [1.807, 2.05) is 0 Å². The van der Waals surface area contributed by atoms with Gasteiger partial charge in [0.2, 0.25) is 0 Å². The molecule has 0 atom stereocenters. The molecule has 0 bridgehead atoms. The predicted molar refractivity (Wildman–Crippen MR) is 94.6 cm³/mol. The molecule has 0 aromatic rings. The van der Waals surface area contributed by atoms with Crippen molar-refractivity contribution >= 4 is 29.9 Å². The number of guanidine groups is 1. The molecular formula is C14H28F3IN4. The van der Waals surface area contributed by atoms with Crippen molar-refractivity contribution in [3.05, 3.63) is 0 Å². The first kappa shape index (κ1) is 21.8. The highest BCUT2D eigenvalue weighted by atomic mass is 127. The number of rotatable bonds is 6. The molecular weight excluding hydrogens is 408 g/mol. The van der Waals surface area contributed by atoms with E-state index >= 15 is 0 Å². The van der Waals surface area contributed by atoms with Gasteiger partial charge in [-0.3, -0.25) is 9.89 Å². The van der Waals surface area contributed by atoms with Crippen LogP contribution in [0.25, 0.3) is 0 Å². The van der Waals surface area contributed by atoms with E-state index in [-0.39, 0.29) is 24.0 Å². The number of hydrogen-bond acceptors (Lipinski definition) is 2. The first-order chi connectivity index (χ1) is 9.76. The lowest BCUT2D eigenvalue weighted by Gasteiger charge is -2.32. The van der Waals surface area contributed by atoms with Crippen LogP contribution in [-0.2, 0) is 0 Å². The Morgan fingerprint density at radius 1 is 1.32 bits per heavy atom. The molecule has 22 heavy (non-hydrogen) atoms. The summed E-state index contributed by atoms with van der Waals surface area (Å²) in [5, 5.41) is 3.07. The minimum atomic E-state index is -4.09. The fourth-order valence-electron chi connectivity index (χ4n) is 2.43. The van der Waals surface area contributed by atoms with Crippen LogP contribution < -0.4 is 11.1 Å². The van der Waals surface area contributed by atoms with E-state index in [4.69, 9.17) is 5.73 Å². The number of hydrogen-bond donors (Lipinski definition) is 2. The van der Waals surface area contributed by atoms with Crippen molar-refractivity contribution in [1.29, 1.82) is 0 Å². The number of likely N-dealkylation sites (tertiary alicyclic amines) is 1. The zero-order valence-corrected chi connectivity index (χ0v) is 15.7. The third-order valence-corrected chi connectivity index (χ3v) is 3.60. The molecule has 0 aromatic heterocycles. The lowest BCUT2D eigenvalue weighted by Crippen LogP contribution is -2.41. The Morgan fingerprint density at radius 2 is 1.91 bits per heavy atom. The monoisotopic (exact) mass is 436 g/mol. The minimum Gasteiger partial charge on any atom is -0.370 e. The number of piperidine rings is 1. The second kappa shape index (κ2) is 10.5. The Balaban J connectivity index is 0.00000441. The second-order valence-corrected chi connectivity index (χ2v) is 6.17. The topological polar surface area (TPSA) is 53.6 Å². The molecule has 1 aliphatic heterocycles. The number of nitrogens with one attached hydrogen (secondary N) is 1. The molecule has 132 valence electrons. The average Bonchev–Trinajstić information content (AvgIpc) is 2.37. The third-order valence-electron chi connectivity index (χ3n) is 3.60. The summed E-state index contributed by atoms with van der Waals surface area (Å²) in [6.45, 7) is 5.86. The molecule has 0 unspecified atom stereocenters. The Labute approximate surface area is 148 Å². The molecule has 4 nitrogen and oxygen atoms in total. The number of alkyl halides is 3. The van der Waals surface area contributed by atoms with Crippen LogP contribution in [-0.4, -0.2) is 49.8 Å². The molecule has 0 saturated carbocycles. The lowest BCUT2D eigenvalue weighted by atomic mass is 9.93. The largest absolute Gasteiger partial charge is 0.401 e. The van der Waals surface area contributed by atoms with Gasteiger partial charge in [-0.25, -0.2) is 0 Å². The van der Waals surface area contributed by atoms with E-state index in [2.05, 4.69) is 24.2 Å². The Hall–Kier alpha value is -0.250. The maximum absolute atomic E-state index is 12.3. The van der Waals surface area contributed by atoms with Gasteiger partial charge in [0, 0.05) is 13.1 Å². The molecule has 0 radical (unpaired) electrons. The van der Waals surface area contributed by atoms with Gasteiger partial charge in [0.25, 0.3) is 0 Å². The van der Waals surface area contributed by atoms with Crippen molar-refractivity contribution in [3.63, 3.8) is 0 Å². The van der Waals surface area contributed by atoms with Crippen LogP contribution in [0.5, 0.6) is 0 Å². The molecule has 1 saturated heterocycles. The second-order valence-electron chi connectivity index (χ2n) is 6.17. The normalized spacial score (nSPS) is 18.4. The number of halogens is 4. The average molecular weight is 436 g/mol. The van der Waals surface area contributed by atoms with Gasteiger partial charge >= 0.3 is 6.18 Å². The van der Waals surface area contributed by atoms with Crippen molar-refractivity contribution in [2.75, 3.05) is 32.7 Å². The predicted octanol–water partition coefficient (Wildman–Crippen LogP) is 2.83. The Morgan fingerprint density at radius 3 is 2.41 bits per heavy atom. The van der Waals surface area contributed by atoms with Crippen LogP contribution >= 0.6 is 24.0 Å². The minimum absolute atomic E-state index is 0.